The van der Waals surface area contributed by atoms with Crippen LogP contribution in [-0.2, 0) is 39.4 Å². The number of hydrogen-bond donors (Lipinski definition) is 0. The van der Waals surface area contributed by atoms with Crippen molar-refractivity contribution in [1.29, 1.82) is 0 Å². The zero-order chi connectivity index (χ0) is 29.8. The smallest absolute Gasteiger partial charge is 0.371 e. The van der Waals surface area contributed by atoms with Gasteiger partial charge in [0.2, 0.25) is 0 Å². The number of halogens is 1. The topological polar surface area (TPSA) is 55.4 Å². The quantitative estimate of drug-likeness (QED) is 0.101. The molecule has 0 unspecified atom stereocenters. The van der Waals surface area contributed by atoms with E-state index in [1.54, 1.807) is 0 Å². The Labute approximate surface area is 256 Å². The molecule has 0 fully saturated rings. The normalized spacial score (nSPS) is 13.3. The van der Waals surface area contributed by atoms with Crippen molar-refractivity contribution < 1.29 is 26.6 Å². The second kappa shape index (κ2) is 18.0. The summed E-state index contributed by atoms with van der Waals surface area (Å²) in [4.78, 5) is 0. The summed E-state index contributed by atoms with van der Waals surface area (Å²) in [6.07, 6.45) is 4.22. The third-order valence-electron chi connectivity index (χ3n) is 5.41. The molecule has 0 aliphatic heterocycles. The molecular formula is C30H57IO6Si2. The molecule has 0 bridgehead atoms. The average molecular weight is 697 g/mol. The van der Waals surface area contributed by atoms with E-state index in [0.717, 1.165) is 37.8 Å². The van der Waals surface area contributed by atoms with Gasteiger partial charge >= 0.3 is 17.6 Å². The maximum absolute atomic E-state index is 6.37. The van der Waals surface area contributed by atoms with Crippen LogP contribution in [0.3, 0.4) is 0 Å². The van der Waals surface area contributed by atoms with Crippen molar-refractivity contribution in [2.24, 2.45) is 0 Å². The lowest BCUT2D eigenvalue weighted by molar-refractivity contribution is 0.00176. The highest BCUT2D eigenvalue weighted by molar-refractivity contribution is 14.1. The van der Waals surface area contributed by atoms with Crippen molar-refractivity contribution in [2.75, 3.05) is 0 Å². The van der Waals surface area contributed by atoms with Crippen LogP contribution in [0.5, 0.6) is 0 Å². The molecule has 1 rings (SSSR count). The van der Waals surface area contributed by atoms with Crippen LogP contribution < -0.4 is 0 Å². The van der Waals surface area contributed by atoms with Crippen molar-refractivity contribution in [3.05, 3.63) is 32.9 Å². The first kappa shape index (κ1) is 37.2. The van der Waals surface area contributed by atoms with Crippen molar-refractivity contribution >= 4 is 40.2 Å². The molecule has 0 aromatic heterocycles. The first-order chi connectivity index (χ1) is 18.0. The minimum Gasteiger partial charge on any atom is -0.371 e. The third-order valence-corrected chi connectivity index (χ3v) is 12.9. The Balaban J connectivity index is 2.96. The van der Waals surface area contributed by atoms with Crippen LogP contribution in [0.4, 0.5) is 0 Å². The fourth-order valence-corrected chi connectivity index (χ4v) is 12.1. The van der Waals surface area contributed by atoms with E-state index in [2.05, 4.69) is 124 Å². The van der Waals surface area contributed by atoms with E-state index >= 15 is 0 Å². The lowest BCUT2D eigenvalue weighted by Gasteiger charge is -2.34. The summed E-state index contributed by atoms with van der Waals surface area (Å²) in [5.74, 6) is 0. The molecule has 0 atom stereocenters. The van der Waals surface area contributed by atoms with Gasteiger partial charge in [0.15, 0.2) is 0 Å². The van der Waals surface area contributed by atoms with Gasteiger partial charge in [-0.1, -0.05) is 6.07 Å². The lowest BCUT2D eigenvalue weighted by atomic mass is 10.0. The second-order valence-corrected chi connectivity index (χ2v) is 18.4. The van der Waals surface area contributed by atoms with Crippen LogP contribution in [0.15, 0.2) is 18.2 Å². The zero-order valence-corrected chi connectivity index (χ0v) is 30.9. The Hall–Kier alpha value is 0.144. The van der Waals surface area contributed by atoms with Crippen molar-refractivity contribution in [3.63, 3.8) is 0 Å². The van der Waals surface area contributed by atoms with Gasteiger partial charge in [0, 0.05) is 52.3 Å². The van der Waals surface area contributed by atoms with Gasteiger partial charge in [0.05, 0.1) is 0 Å². The van der Waals surface area contributed by atoms with E-state index < -0.39 is 17.6 Å². The monoisotopic (exact) mass is 696 g/mol. The van der Waals surface area contributed by atoms with Gasteiger partial charge in [0.25, 0.3) is 0 Å². The van der Waals surface area contributed by atoms with Gasteiger partial charge < -0.3 is 26.6 Å². The summed E-state index contributed by atoms with van der Waals surface area (Å²) in [6, 6.07) is 8.53. The minimum atomic E-state index is -2.79. The van der Waals surface area contributed by atoms with Gasteiger partial charge in [-0.15, -0.1) is 0 Å². The number of aryl methyl sites for hydroxylation is 2. The summed E-state index contributed by atoms with van der Waals surface area (Å²) in [5.41, 5.74) is 2.69. The molecule has 1 aromatic carbocycles. The molecular weight excluding hydrogens is 639 g/mol. The summed E-state index contributed by atoms with van der Waals surface area (Å²) >= 11 is 2.43. The molecule has 39 heavy (non-hydrogen) atoms. The molecule has 1 aromatic rings. The SMILES string of the molecule is CC(C)O[Si](CCCc1cc(I)cc(CCC[Si](OC(C)C)(OC(C)C)OC(C)C)c1)(OC(C)C)OC(C)C. The van der Waals surface area contributed by atoms with E-state index in [1.165, 1.54) is 14.7 Å². The molecule has 9 heteroatoms. The maximum Gasteiger partial charge on any atom is 0.501 e. The molecule has 0 N–H and O–H groups in total. The van der Waals surface area contributed by atoms with Crippen LogP contribution >= 0.6 is 22.6 Å². The van der Waals surface area contributed by atoms with E-state index in [0.29, 0.717) is 0 Å². The first-order valence-electron chi connectivity index (χ1n) is 14.9. The van der Waals surface area contributed by atoms with Crippen LogP contribution in [0.2, 0.25) is 12.1 Å². The van der Waals surface area contributed by atoms with Crippen molar-refractivity contribution in [3.8, 4) is 0 Å². The van der Waals surface area contributed by atoms with Crippen LogP contribution in [0.25, 0.3) is 0 Å². The Morgan fingerprint density at radius 3 is 0.974 bits per heavy atom. The van der Waals surface area contributed by atoms with Crippen LogP contribution in [-0.4, -0.2) is 54.2 Å². The predicted molar refractivity (Wildman–Crippen MR) is 174 cm³/mol. The van der Waals surface area contributed by atoms with Gasteiger partial charge in [-0.3, -0.25) is 0 Å². The standard InChI is InChI=1S/C30H57IO6Si2/c1-22(2)32-38(33-23(3)4,34-24(5)6)17-13-15-28-19-29(21-30(31)20-28)16-14-18-39(35-25(7)8,36-26(9)10)37-27(11)12/h19-27H,13-18H2,1-12H3. The Bertz CT molecular complexity index is 701. The highest BCUT2D eigenvalue weighted by Gasteiger charge is 2.44. The van der Waals surface area contributed by atoms with E-state index in [4.69, 9.17) is 26.6 Å². The Morgan fingerprint density at radius 1 is 0.487 bits per heavy atom. The highest BCUT2D eigenvalue weighted by atomic mass is 127. The zero-order valence-electron chi connectivity index (χ0n) is 26.8. The molecule has 228 valence electrons. The average Bonchev–Trinajstić information content (AvgIpc) is 2.70. The fraction of sp³-hybridized carbons (Fsp3) is 0.800. The number of benzene rings is 1. The molecule has 0 heterocycles. The lowest BCUT2D eigenvalue weighted by Crippen LogP contribution is -2.50. The Kier molecular flexibility index (Phi) is 17.1. The van der Waals surface area contributed by atoms with Gasteiger partial charge in [-0.2, -0.15) is 0 Å². The Morgan fingerprint density at radius 2 is 0.744 bits per heavy atom. The largest absolute Gasteiger partial charge is 0.501 e. The van der Waals surface area contributed by atoms with Crippen LogP contribution in [0.1, 0.15) is 107 Å². The van der Waals surface area contributed by atoms with Gasteiger partial charge in [-0.05, 0) is 155 Å². The second-order valence-electron chi connectivity index (χ2n) is 12.0. The molecule has 0 spiro atoms. The highest BCUT2D eigenvalue weighted by Crippen LogP contribution is 2.27. The van der Waals surface area contributed by atoms with Crippen molar-refractivity contribution in [2.45, 2.75) is 157 Å². The molecule has 0 saturated carbocycles. The van der Waals surface area contributed by atoms with Crippen LogP contribution in [0, 0.1) is 3.57 Å². The maximum atomic E-state index is 6.37. The summed E-state index contributed by atoms with van der Waals surface area (Å²) < 4.78 is 39.5. The van der Waals surface area contributed by atoms with Crippen molar-refractivity contribution in [1.82, 2.24) is 0 Å². The van der Waals surface area contributed by atoms with E-state index in [1.807, 2.05) is 0 Å². The van der Waals surface area contributed by atoms with E-state index in [-0.39, 0.29) is 36.6 Å². The molecule has 6 nitrogen and oxygen atoms in total. The number of rotatable bonds is 20. The number of hydrogen-bond acceptors (Lipinski definition) is 6. The molecule has 0 radical (unpaired) electrons. The van der Waals surface area contributed by atoms with Gasteiger partial charge in [0.1, 0.15) is 0 Å². The first-order valence-corrected chi connectivity index (χ1v) is 19.8. The predicted octanol–water partition coefficient (Wildman–Crippen LogP) is 8.58. The summed E-state index contributed by atoms with van der Waals surface area (Å²) in [6.45, 7) is 24.7. The molecule has 0 saturated heterocycles. The third kappa shape index (κ3) is 15.8. The summed E-state index contributed by atoms with van der Waals surface area (Å²) in [7, 11) is -5.58. The minimum absolute atomic E-state index is 0.0631. The fourth-order valence-electron chi connectivity index (χ4n) is 4.70. The molecule has 0 aliphatic carbocycles. The van der Waals surface area contributed by atoms with Gasteiger partial charge in [-0.25, -0.2) is 0 Å². The molecule has 0 amide bonds. The molecule has 0 aliphatic rings. The van der Waals surface area contributed by atoms with E-state index in [9.17, 15) is 0 Å². The summed E-state index contributed by atoms with van der Waals surface area (Å²) in [5, 5.41) is 0.